The molecule has 0 bridgehead atoms. The van der Waals surface area contributed by atoms with Crippen LogP contribution in [0.2, 0.25) is 0 Å². The van der Waals surface area contributed by atoms with E-state index in [-0.39, 0.29) is 5.56 Å². The quantitative estimate of drug-likeness (QED) is 0.530. The van der Waals surface area contributed by atoms with Crippen molar-refractivity contribution >= 4 is 48.5 Å². The van der Waals surface area contributed by atoms with Crippen LogP contribution in [0.15, 0.2) is 40.9 Å². The summed E-state index contributed by atoms with van der Waals surface area (Å²) in [6.45, 7) is 1.15. The fourth-order valence-corrected chi connectivity index (χ4v) is 4.18. The zero-order valence-electron chi connectivity index (χ0n) is 14.9. The van der Waals surface area contributed by atoms with Crippen molar-refractivity contribution in [2.24, 2.45) is 0 Å². The van der Waals surface area contributed by atoms with Gasteiger partial charge in [0.15, 0.2) is 5.13 Å². The van der Waals surface area contributed by atoms with Gasteiger partial charge >= 0.3 is 0 Å². The number of anilines is 1. The first-order valence-corrected chi connectivity index (χ1v) is 9.94. The second-order valence-corrected chi connectivity index (χ2v) is 8.27. The lowest BCUT2D eigenvalue weighted by Gasteiger charge is -2.21. The molecule has 0 saturated carbocycles. The third-order valence-electron chi connectivity index (χ3n) is 3.96. The molecule has 0 aliphatic carbocycles. The fourth-order valence-electron chi connectivity index (χ4n) is 2.64. The molecule has 0 spiro atoms. The molecule has 1 heterocycles. The SMILES string of the molecule is CN(C)CCCN(C(=O)c1ccc(F)cc1F)c1nc2ccc(Br)cc2s1. The van der Waals surface area contributed by atoms with E-state index >= 15 is 0 Å². The molecule has 142 valence electrons. The summed E-state index contributed by atoms with van der Waals surface area (Å²) in [4.78, 5) is 21.0. The van der Waals surface area contributed by atoms with Crippen molar-refractivity contribution in [1.82, 2.24) is 9.88 Å². The summed E-state index contributed by atoms with van der Waals surface area (Å²) >= 11 is 4.79. The zero-order chi connectivity index (χ0) is 19.6. The van der Waals surface area contributed by atoms with Gasteiger partial charge in [0.05, 0.1) is 15.8 Å². The van der Waals surface area contributed by atoms with Gasteiger partial charge in [0.2, 0.25) is 0 Å². The van der Waals surface area contributed by atoms with Crippen molar-refractivity contribution in [2.75, 3.05) is 32.1 Å². The van der Waals surface area contributed by atoms with Gasteiger partial charge < -0.3 is 4.90 Å². The Morgan fingerprint density at radius 2 is 1.93 bits per heavy atom. The Labute approximate surface area is 168 Å². The molecule has 8 heteroatoms. The third kappa shape index (κ3) is 4.69. The van der Waals surface area contributed by atoms with Crippen molar-refractivity contribution < 1.29 is 13.6 Å². The maximum absolute atomic E-state index is 14.2. The number of rotatable bonds is 6. The summed E-state index contributed by atoms with van der Waals surface area (Å²) in [6, 6.07) is 8.65. The number of carbonyl (C=O) groups is 1. The molecule has 0 fully saturated rings. The Morgan fingerprint density at radius 1 is 1.15 bits per heavy atom. The van der Waals surface area contributed by atoms with Crippen LogP contribution >= 0.6 is 27.3 Å². The number of fused-ring (bicyclic) bond motifs is 1. The molecule has 27 heavy (non-hydrogen) atoms. The van der Waals surface area contributed by atoms with Gasteiger partial charge in [0, 0.05) is 17.1 Å². The fraction of sp³-hybridized carbons (Fsp3) is 0.263. The molecule has 3 aromatic rings. The Kier molecular flexibility index (Phi) is 6.18. The minimum absolute atomic E-state index is 0.165. The van der Waals surface area contributed by atoms with Gasteiger partial charge in [0.25, 0.3) is 5.91 Å². The summed E-state index contributed by atoms with van der Waals surface area (Å²) in [5.41, 5.74) is 0.602. The summed E-state index contributed by atoms with van der Waals surface area (Å²) < 4.78 is 29.2. The second-order valence-electron chi connectivity index (χ2n) is 6.35. The van der Waals surface area contributed by atoms with Crippen LogP contribution in [0.5, 0.6) is 0 Å². The molecule has 1 aromatic heterocycles. The van der Waals surface area contributed by atoms with E-state index in [0.717, 1.165) is 33.4 Å². The van der Waals surface area contributed by atoms with Crippen LogP contribution in [-0.2, 0) is 0 Å². The van der Waals surface area contributed by atoms with Crippen LogP contribution in [0, 0.1) is 11.6 Å². The largest absolute Gasteiger partial charge is 0.309 e. The summed E-state index contributed by atoms with van der Waals surface area (Å²) in [5, 5.41) is 0.496. The lowest BCUT2D eigenvalue weighted by atomic mass is 10.2. The number of halogens is 3. The van der Waals surface area contributed by atoms with Crippen LogP contribution in [0.3, 0.4) is 0 Å². The van der Waals surface area contributed by atoms with Gasteiger partial charge in [-0.25, -0.2) is 13.8 Å². The van der Waals surface area contributed by atoms with Crippen molar-refractivity contribution in [3.63, 3.8) is 0 Å². The average Bonchev–Trinajstić information content (AvgIpc) is 3.00. The average molecular weight is 454 g/mol. The topological polar surface area (TPSA) is 36.4 Å². The number of carbonyl (C=O) groups excluding carboxylic acids is 1. The number of benzene rings is 2. The summed E-state index contributed by atoms with van der Waals surface area (Å²) in [5.74, 6) is -2.11. The van der Waals surface area contributed by atoms with Crippen LogP contribution in [0.4, 0.5) is 13.9 Å². The van der Waals surface area contributed by atoms with Crippen molar-refractivity contribution in [3.05, 3.63) is 58.1 Å². The van der Waals surface area contributed by atoms with E-state index in [9.17, 15) is 13.6 Å². The number of hydrogen-bond donors (Lipinski definition) is 0. The van der Waals surface area contributed by atoms with E-state index in [4.69, 9.17) is 0 Å². The monoisotopic (exact) mass is 453 g/mol. The van der Waals surface area contributed by atoms with Crippen LogP contribution in [0.1, 0.15) is 16.8 Å². The second kappa shape index (κ2) is 8.41. The molecular weight excluding hydrogens is 436 g/mol. The van der Waals surface area contributed by atoms with Crippen LogP contribution < -0.4 is 4.90 Å². The zero-order valence-corrected chi connectivity index (χ0v) is 17.3. The highest BCUT2D eigenvalue weighted by atomic mass is 79.9. The minimum Gasteiger partial charge on any atom is -0.309 e. The van der Waals surface area contributed by atoms with Crippen LogP contribution in [0.25, 0.3) is 10.2 Å². The predicted octanol–water partition coefficient (Wildman–Crippen LogP) is 4.94. The normalized spacial score (nSPS) is 11.3. The van der Waals surface area contributed by atoms with Gasteiger partial charge in [-0.3, -0.25) is 9.69 Å². The van der Waals surface area contributed by atoms with Gasteiger partial charge in [-0.1, -0.05) is 27.3 Å². The maximum Gasteiger partial charge on any atom is 0.263 e. The minimum atomic E-state index is -0.874. The number of thiazole rings is 1. The van der Waals surface area contributed by atoms with Crippen molar-refractivity contribution in [3.8, 4) is 0 Å². The molecule has 0 aliphatic heterocycles. The number of aromatic nitrogens is 1. The Bertz CT molecular complexity index is 977. The molecule has 4 nitrogen and oxygen atoms in total. The molecule has 0 atom stereocenters. The number of nitrogens with zero attached hydrogens (tertiary/aromatic N) is 3. The highest BCUT2D eigenvalue weighted by molar-refractivity contribution is 9.10. The standard InChI is InChI=1S/C19H18BrF2N3OS/c1-24(2)8-3-9-25(18(26)14-6-5-13(21)11-15(14)22)19-23-16-7-4-12(20)10-17(16)27-19/h4-7,10-11H,3,8-9H2,1-2H3. The number of hydrogen-bond acceptors (Lipinski definition) is 4. The van der Waals surface area contributed by atoms with E-state index in [1.807, 2.05) is 37.2 Å². The Morgan fingerprint density at radius 3 is 2.63 bits per heavy atom. The van der Waals surface area contributed by atoms with Crippen molar-refractivity contribution in [2.45, 2.75) is 6.42 Å². The first-order valence-electron chi connectivity index (χ1n) is 8.33. The maximum atomic E-state index is 14.2. The molecule has 1 amide bonds. The molecule has 0 aliphatic rings. The highest BCUT2D eigenvalue weighted by Crippen LogP contribution is 2.32. The molecule has 0 unspecified atom stereocenters. The molecule has 3 rings (SSSR count). The summed E-state index contributed by atoms with van der Waals surface area (Å²) in [6.07, 6.45) is 0.696. The third-order valence-corrected chi connectivity index (χ3v) is 5.50. The van der Waals surface area contributed by atoms with Crippen LogP contribution in [-0.4, -0.2) is 43.0 Å². The molecule has 0 radical (unpaired) electrons. The van der Waals surface area contributed by atoms with Gasteiger partial charge in [-0.05, 0) is 57.4 Å². The highest BCUT2D eigenvalue weighted by Gasteiger charge is 2.24. The van der Waals surface area contributed by atoms with E-state index in [0.29, 0.717) is 18.1 Å². The van der Waals surface area contributed by atoms with E-state index in [1.165, 1.54) is 22.3 Å². The van der Waals surface area contributed by atoms with Gasteiger partial charge in [-0.15, -0.1) is 0 Å². The lowest BCUT2D eigenvalue weighted by Crippen LogP contribution is -2.34. The summed E-state index contributed by atoms with van der Waals surface area (Å²) in [7, 11) is 3.89. The molecule has 0 N–H and O–H groups in total. The molecule has 2 aromatic carbocycles. The van der Waals surface area contributed by atoms with E-state index in [1.54, 1.807) is 0 Å². The first-order chi connectivity index (χ1) is 12.8. The first kappa shape index (κ1) is 19.9. The smallest absolute Gasteiger partial charge is 0.263 e. The number of amides is 1. The molecule has 0 saturated heterocycles. The Hall–Kier alpha value is -1.90. The molecular formula is C19H18BrF2N3OS. The van der Waals surface area contributed by atoms with E-state index in [2.05, 4.69) is 20.9 Å². The predicted molar refractivity (Wildman–Crippen MR) is 109 cm³/mol. The van der Waals surface area contributed by atoms with Gasteiger partial charge in [0.1, 0.15) is 11.6 Å². The lowest BCUT2D eigenvalue weighted by molar-refractivity contribution is 0.0982. The van der Waals surface area contributed by atoms with Crippen molar-refractivity contribution in [1.29, 1.82) is 0 Å². The van der Waals surface area contributed by atoms with E-state index < -0.39 is 17.5 Å². The van der Waals surface area contributed by atoms with Gasteiger partial charge in [-0.2, -0.15) is 0 Å². The Balaban J connectivity index is 1.97.